The maximum absolute atomic E-state index is 4.88. The van der Waals surface area contributed by atoms with Crippen molar-refractivity contribution in [1.82, 2.24) is 9.97 Å². The highest BCUT2D eigenvalue weighted by molar-refractivity contribution is 5.59. The topological polar surface area (TPSA) is 41.1 Å². The highest BCUT2D eigenvalue weighted by atomic mass is 15.2. The molecule has 0 aliphatic rings. The highest BCUT2D eigenvalue weighted by Gasteiger charge is 2.22. The van der Waals surface area contributed by atoms with Crippen molar-refractivity contribution >= 4 is 11.6 Å². The van der Waals surface area contributed by atoms with Crippen LogP contribution in [-0.4, -0.2) is 29.6 Å². The standard InChI is InChI=1S/C17H32N4/c1-8-11-18-14-13(4)15(21(10-3)12-9-2)20-16(19-14)17(5,6)7/h8-12H2,1-7H3,(H,18,19,20). The molecule has 0 aromatic carbocycles. The highest BCUT2D eigenvalue weighted by Crippen LogP contribution is 2.28. The van der Waals surface area contributed by atoms with Crippen LogP contribution in [0.25, 0.3) is 0 Å². The lowest BCUT2D eigenvalue weighted by atomic mass is 9.95. The molecule has 0 aliphatic carbocycles. The Morgan fingerprint density at radius 1 is 1.05 bits per heavy atom. The Labute approximate surface area is 130 Å². The van der Waals surface area contributed by atoms with Gasteiger partial charge in [-0.05, 0) is 26.7 Å². The number of nitrogens with one attached hydrogen (secondary N) is 1. The third-order valence-corrected chi connectivity index (χ3v) is 3.51. The zero-order valence-corrected chi connectivity index (χ0v) is 14.9. The summed E-state index contributed by atoms with van der Waals surface area (Å²) < 4.78 is 0. The minimum Gasteiger partial charge on any atom is -0.370 e. The molecule has 21 heavy (non-hydrogen) atoms. The molecule has 0 spiro atoms. The lowest BCUT2D eigenvalue weighted by Crippen LogP contribution is -2.28. The smallest absolute Gasteiger partial charge is 0.138 e. The van der Waals surface area contributed by atoms with Crippen molar-refractivity contribution in [3.05, 3.63) is 11.4 Å². The molecular weight excluding hydrogens is 260 g/mol. The predicted octanol–water partition coefficient (Wildman–Crippen LogP) is 4.14. The summed E-state index contributed by atoms with van der Waals surface area (Å²) in [6, 6.07) is 0. The molecule has 120 valence electrons. The summed E-state index contributed by atoms with van der Waals surface area (Å²) >= 11 is 0. The van der Waals surface area contributed by atoms with Crippen LogP contribution >= 0.6 is 0 Å². The van der Waals surface area contributed by atoms with Crippen molar-refractivity contribution in [3.63, 3.8) is 0 Å². The van der Waals surface area contributed by atoms with Crippen LogP contribution in [0.5, 0.6) is 0 Å². The Hall–Kier alpha value is -1.32. The largest absolute Gasteiger partial charge is 0.370 e. The van der Waals surface area contributed by atoms with Gasteiger partial charge in [-0.3, -0.25) is 0 Å². The Morgan fingerprint density at radius 3 is 2.19 bits per heavy atom. The van der Waals surface area contributed by atoms with Crippen molar-refractivity contribution in [2.24, 2.45) is 0 Å². The van der Waals surface area contributed by atoms with E-state index in [-0.39, 0.29) is 5.41 Å². The molecule has 0 radical (unpaired) electrons. The molecular formula is C17H32N4. The number of hydrogen-bond donors (Lipinski definition) is 1. The summed E-state index contributed by atoms with van der Waals surface area (Å²) in [6.07, 6.45) is 2.22. The van der Waals surface area contributed by atoms with E-state index in [1.807, 2.05) is 0 Å². The van der Waals surface area contributed by atoms with Crippen LogP contribution in [0.3, 0.4) is 0 Å². The van der Waals surface area contributed by atoms with Crippen LogP contribution in [0.15, 0.2) is 0 Å². The molecule has 0 fully saturated rings. The fraction of sp³-hybridized carbons (Fsp3) is 0.765. The maximum atomic E-state index is 4.88. The first-order chi connectivity index (χ1) is 9.85. The van der Waals surface area contributed by atoms with Crippen LogP contribution in [0, 0.1) is 6.92 Å². The Balaban J connectivity index is 3.32. The van der Waals surface area contributed by atoms with Crippen LogP contribution in [0.2, 0.25) is 0 Å². The van der Waals surface area contributed by atoms with E-state index in [2.05, 4.69) is 58.7 Å². The number of aromatic nitrogens is 2. The molecule has 1 N–H and O–H groups in total. The summed E-state index contributed by atoms with van der Waals surface area (Å²) in [7, 11) is 0. The molecule has 0 saturated carbocycles. The second kappa shape index (κ2) is 7.62. The first-order valence-corrected chi connectivity index (χ1v) is 8.23. The fourth-order valence-electron chi connectivity index (χ4n) is 2.25. The summed E-state index contributed by atoms with van der Waals surface area (Å²) in [6.45, 7) is 18.1. The average molecular weight is 292 g/mol. The van der Waals surface area contributed by atoms with E-state index in [1.165, 1.54) is 0 Å². The van der Waals surface area contributed by atoms with Gasteiger partial charge < -0.3 is 10.2 Å². The van der Waals surface area contributed by atoms with E-state index < -0.39 is 0 Å². The van der Waals surface area contributed by atoms with E-state index in [0.29, 0.717) is 0 Å². The first-order valence-electron chi connectivity index (χ1n) is 8.23. The third-order valence-electron chi connectivity index (χ3n) is 3.51. The zero-order chi connectivity index (χ0) is 16.0. The number of rotatable bonds is 7. The van der Waals surface area contributed by atoms with Crippen molar-refractivity contribution in [3.8, 4) is 0 Å². The quantitative estimate of drug-likeness (QED) is 0.820. The van der Waals surface area contributed by atoms with Crippen molar-refractivity contribution in [2.75, 3.05) is 29.9 Å². The Bertz CT molecular complexity index is 449. The molecule has 0 aliphatic heterocycles. The van der Waals surface area contributed by atoms with Crippen LogP contribution in [0.1, 0.15) is 65.8 Å². The predicted molar refractivity (Wildman–Crippen MR) is 92.4 cm³/mol. The summed E-state index contributed by atoms with van der Waals surface area (Å²) in [5.74, 6) is 2.98. The zero-order valence-electron chi connectivity index (χ0n) is 14.9. The van der Waals surface area contributed by atoms with Gasteiger partial charge in [-0.15, -0.1) is 0 Å². The van der Waals surface area contributed by atoms with Crippen LogP contribution in [-0.2, 0) is 5.41 Å². The first kappa shape index (κ1) is 17.7. The van der Waals surface area contributed by atoms with Gasteiger partial charge in [-0.25, -0.2) is 9.97 Å². The van der Waals surface area contributed by atoms with Gasteiger partial charge in [0.1, 0.15) is 17.5 Å². The van der Waals surface area contributed by atoms with E-state index in [9.17, 15) is 0 Å². The van der Waals surface area contributed by atoms with Crippen LogP contribution in [0.4, 0.5) is 11.6 Å². The molecule has 0 bridgehead atoms. The Morgan fingerprint density at radius 2 is 1.71 bits per heavy atom. The van der Waals surface area contributed by atoms with Gasteiger partial charge in [0.2, 0.25) is 0 Å². The van der Waals surface area contributed by atoms with E-state index in [1.54, 1.807) is 0 Å². The summed E-state index contributed by atoms with van der Waals surface area (Å²) in [5.41, 5.74) is 1.11. The molecule has 4 nitrogen and oxygen atoms in total. The summed E-state index contributed by atoms with van der Waals surface area (Å²) in [4.78, 5) is 12.0. The molecule has 1 heterocycles. The number of anilines is 2. The van der Waals surface area contributed by atoms with Gasteiger partial charge in [0, 0.05) is 30.6 Å². The molecule has 1 aromatic rings. The molecule has 0 saturated heterocycles. The Kier molecular flexibility index (Phi) is 6.43. The van der Waals surface area contributed by atoms with Gasteiger partial charge in [-0.2, -0.15) is 0 Å². The van der Waals surface area contributed by atoms with Crippen molar-refractivity contribution in [2.45, 2.75) is 66.7 Å². The van der Waals surface area contributed by atoms with Crippen molar-refractivity contribution < 1.29 is 0 Å². The molecule has 4 heteroatoms. The lowest BCUT2D eigenvalue weighted by molar-refractivity contribution is 0.543. The molecule has 1 aromatic heterocycles. The second-order valence-electron chi connectivity index (χ2n) is 6.60. The molecule has 0 unspecified atom stereocenters. The van der Waals surface area contributed by atoms with Crippen LogP contribution < -0.4 is 10.2 Å². The third kappa shape index (κ3) is 4.58. The molecule has 0 atom stereocenters. The van der Waals surface area contributed by atoms with Crippen molar-refractivity contribution in [1.29, 1.82) is 0 Å². The average Bonchev–Trinajstić information content (AvgIpc) is 2.42. The number of nitrogens with zero attached hydrogens (tertiary/aromatic N) is 3. The van der Waals surface area contributed by atoms with Gasteiger partial charge in [-0.1, -0.05) is 34.6 Å². The maximum Gasteiger partial charge on any atom is 0.138 e. The van der Waals surface area contributed by atoms with Gasteiger partial charge in [0.25, 0.3) is 0 Å². The SMILES string of the molecule is CCCNc1nc(C(C)(C)C)nc(N(CC)CCC)c1C. The lowest BCUT2D eigenvalue weighted by Gasteiger charge is -2.27. The monoisotopic (exact) mass is 292 g/mol. The fourth-order valence-corrected chi connectivity index (χ4v) is 2.25. The van der Waals surface area contributed by atoms with E-state index in [4.69, 9.17) is 9.97 Å². The molecule has 1 rings (SSSR count). The minimum atomic E-state index is -0.0449. The van der Waals surface area contributed by atoms with E-state index in [0.717, 1.165) is 55.5 Å². The van der Waals surface area contributed by atoms with E-state index >= 15 is 0 Å². The van der Waals surface area contributed by atoms with Gasteiger partial charge >= 0.3 is 0 Å². The number of hydrogen-bond acceptors (Lipinski definition) is 4. The van der Waals surface area contributed by atoms with Gasteiger partial charge in [0.05, 0.1) is 0 Å². The second-order valence-corrected chi connectivity index (χ2v) is 6.60. The normalized spacial score (nSPS) is 11.6. The molecule has 0 amide bonds. The van der Waals surface area contributed by atoms with Gasteiger partial charge in [0.15, 0.2) is 0 Å². The minimum absolute atomic E-state index is 0.0449. The summed E-state index contributed by atoms with van der Waals surface area (Å²) in [5, 5.41) is 3.46.